The Morgan fingerprint density at radius 1 is 1.53 bits per heavy atom. The van der Waals surface area contributed by atoms with E-state index >= 15 is 0 Å². The van der Waals surface area contributed by atoms with Gasteiger partial charge in [-0.25, -0.2) is 0 Å². The molecule has 0 aliphatic carbocycles. The van der Waals surface area contributed by atoms with Gasteiger partial charge in [-0.1, -0.05) is 6.07 Å². The van der Waals surface area contributed by atoms with Crippen molar-refractivity contribution in [3.63, 3.8) is 0 Å². The van der Waals surface area contributed by atoms with Crippen molar-refractivity contribution in [2.75, 3.05) is 30.5 Å². The molecule has 0 heterocycles. The first-order valence-corrected chi connectivity index (χ1v) is 6.85. The maximum atomic E-state index is 10.6. The average Bonchev–Trinajstić information content (AvgIpc) is 2.33. The predicted octanol–water partition coefficient (Wildman–Crippen LogP) is 1.72. The van der Waals surface area contributed by atoms with Crippen molar-refractivity contribution >= 4 is 23.4 Å². The van der Waals surface area contributed by atoms with Gasteiger partial charge in [0.25, 0.3) is 5.91 Å². The van der Waals surface area contributed by atoms with E-state index in [0.29, 0.717) is 5.75 Å². The van der Waals surface area contributed by atoms with Crippen molar-refractivity contribution in [1.82, 2.24) is 0 Å². The van der Waals surface area contributed by atoms with E-state index in [-0.39, 0.29) is 6.61 Å². The smallest absolute Gasteiger partial charge is 0.255 e. The van der Waals surface area contributed by atoms with Gasteiger partial charge in [0.1, 0.15) is 5.75 Å². The first-order chi connectivity index (χ1) is 8.22. The van der Waals surface area contributed by atoms with Gasteiger partial charge in [-0.3, -0.25) is 4.79 Å². The second-order valence-electron chi connectivity index (χ2n) is 3.56. The number of carbonyl (C=O) groups is 1. The molecule has 1 aromatic rings. The molecule has 1 aromatic carbocycles. The third kappa shape index (κ3) is 6.06. The third-order valence-electron chi connectivity index (χ3n) is 2.07. The van der Waals surface area contributed by atoms with Crippen LogP contribution < -0.4 is 15.8 Å². The number of hydrogen-bond donors (Lipinski definition) is 2. The molecule has 94 valence electrons. The molecule has 0 saturated carbocycles. The molecule has 1 rings (SSSR count). The minimum absolute atomic E-state index is 0.0874. The van der Waals surface area contributed by atoms with Crippen LogP contribution in [0.4, 0.5) is 5.69 Å². The van der Waals surface area contributed by atoms with Gasteiger partial charge in [0, 0.05) is 18.3 Å². The Morgan fingerprint density at radius 2 is 2.35 bits per heavy atom. The van der Waals surface area contributed by atoms with Crippen LogP contribution in [0.25, 0.3) is 0 Å². The summed E-state index contributed by atoms with van der Waals surface area (Å²) in [4.78, 5) is 10.6. The second kappa shape index (κ2) is 7.84. The Hall–Kier alpha value is -1.36. The fraction of sp³-hybridized carbons (Fsp3) is 0.417. The topological polar surface area (TPSA) is 64.3 Å². The number of nitrogens with one attached hydrogen (secondary N) is 1. The van der Waals surface area contributed by atoms with Crippen LogP contribution in [0.1, 0.15) is 6.42 Å². The van der Waals surface area contributed by atoms with Gasteiger partial charge in [0.2, 0.25) is 0 Å². The van der Waals surface area contributed by atoms with E-state index in [9.17, 15) is 4.79 Å². The van der Waals surface area contributed by atoms with Crippen LogP contribution in [-0.2, 0) is 4.79 Å². The standard InChI is InChI=1S/C12H18N2O2S/c1-17-7-3-6-14-10-4-2-5-11(8-10)16-9-12(13)15/h2,4-5,8,14H,3,6-7,9H2,1H3,(H2,13,15). The van der Waals surface area contributed by atoms with E-state index in [1.807, 2.05) is 30.0 Å². The zero-order chi connectivity index (χ0) is 12.5. The van der Waals surface area contributed by atoms with Crippen molar-refractivity contribution in [3.05, 3.63) is 24.3 Å². The van der Waals surface area contributed by atoms with Crippen molar-refractivity contribution in [2.45, 2.75) is 6.42 Å². The lowest BCUT2D eigenvalue weighted by atomic mass is 10.3. The van der Waals surface area contributed by atoms with E-state index in [1.165, 1.54) is 0 Å². The molecule has 17 heavy (non-hydrogen) atoms. The molecule has 0 aliphatic rings. The van der Waals surface area contributed by atoms with Crippen LogP contribution in [0.2, 0.25) is 0 Å². The number of thioether (sulfide) groups is 1. The Balaban J connectivity index is 2.39. The predicted molar refractivity (Wildman–Crippen MR) is 72.6 cm³/mol. The zero-order valence-corrected chi connectivity index (χ0v) is 10.8. The molecular formula is C12H18N2O2S. The Labute approximate surface area is 106 Å². The van der Waals surface area contributed by atoms with Gasteiger partial charge < -0.3 is 15.8 Å². The van der Waals surface area contributed by atoms with Gasteiger partial charge in [-0.15, -0.1) is 0 Å². The largest absolute Gasteiger partial charge is 0.484 e. The maximum absolute atomic E-state index is 10.6. The SMILES string of the molecule is CSCCCNc1cccc(OCC(N)=O)c1. The summed E-state index contributed by atoms with van der Waals surface area (Å²) in [6, 6.07) is 7.52. The number of amides is 1. The molecule has 3 N–H and O–H groups in total. The van der Waals surface area contributed by atoms with Crippen LogP contribution in [0.3, 0.4) is 0 Å². The number of nitrogens with two attached hydrogens (primary N) is 1. The van der Waals surface area contributed by atoms with Crippen LogP contribution in [0.15, 0.2) is 24.3 Å². The number of ether oxygens (including phenoxy) is 1. The fourth-order valence-corrected chi connectivity index (χ4v) is 1.73. The monoisotopic (exact) mass is 254 g/mol. The number of carbonyl (C=O) groups excluding carboxylic acids is 1. The van der Waals surface area contributed by atoms with Crippen molar-refractivity contribution in [2.24, 2.45) is 5.73 Å². The lowest BCUT2D eigenvalue weighted by Gasteiger charge is -2.08. The molecule has 5 heteroatoms. The van der Waals surface area contributed by atoms with E-state index < -0.39 is 5.91 Å². The molecule has 0 atom stereocenters. The second-order valence-corrected chi connectivity index (χ2v) is 4.54. The van der Waals surface area contributed by atoms with Crippen LogP contribution in [0.5, 0.6) is 5.75 Å². The van der Waals surface area contributed by atoms with E-state index in [4.69, 9.17) is 10.5 Å². The summed E-state index contributed by atoms with van der Waals surface area (Å²) >= 11 is 1.84. The molecule has 1 amide bonds. The van der Waals surface area contributed by atoms with E-state index in [1.54, 1.807) is 6.07 Å². The Morgan fingerprint density at radius 3 is 3.06 bits per heavy atom. The first-order valence-electron chi connectivity index (χ1n) is 5.46. The fourth-order valence-electron chi connectivity index (χ4n) is 1.30. The summed E-state index contributed by atoms with van der Waals surface area (Å²) < 4.78 is 5.22. The highest BCUT2D eigenvalue weighted by molar-refractivity contribution is 7.98. The number of primary amides is 1. The average molecular weight is 254 g/mol. The summed E-state index contributed by atoms with van der Waals surface area (Å²) in [5.41, 5.74) is 6.00. The van der Waals surface area contributed by atoms with Gasteiger partial charge in [-0.2, -0.15) is 11.8 Å². The van der Waals surface area contributed by atoms with Crippen LogP contribution in [-0.4, -0.2) is 31.1 Å². The molecule has 0 bridgehead atoms. The molecular weight excluding hydrogens is 236 g/mol. The summed E-state index contributed by atoms with van der Waals surface area (Å²) in [5, 5.41) is 3.30. The number of anilines is 1. The first kappa shape index (κ1) is 13.7. The summed E-state index contributed by atoms with van der Waals surface area (Å²) in [6.07, 6.45) is 3.21. The van der Waals surface area contributed by atoms with E-state index in [2.05, 4.69) is 11.6 Å². The van der Waals surface area contributed by atoms with Crippen molar-refractivity contribution in [3.8, 4) is 5.75 Å². The lowest BCUT2D eigenvalue weighted by molar-refractivity contribution is -0.119. The molecule has 0 aliphatic heterocycles. The number of benzene rings is 1. The number of rotatable bonds is 8. The van der Waals surface area contributed by atoms with Gasteiger partial charge in [0.05, 0.1) is 0 Å². The van der Waals surface area contributed by atoms with Gasteiger partial charge in [0.15, 0.2) is 6.61 Å². The lowest BCUT2D eigenvalue weighted by Crippen LogP contribution is -2.20. The highest BCUT2D eigenvalue weighted by atomic mass is 32.2. The summed E-state index contributed by atoms with van der Waals surface area (Å²) in [5.74, 6) is 1.33. The molecule has 0 radical (unpaired) electrons. The molecule has 0 aromatic heterocycles. The molecule has 0 saturated heterocycles. The maximum Gasteiger partial charge on any atom is 0.255 e. The highest BCUT2D eigenvalue weighted by Gasteiger charge is 1.98. The van der Waals surface area contributed by atoms with Crippen molar-refractivity contribution in [1.29, 1.82) is 0 Å². The normalized spacial score (nSPS) is 9.94. The molecule has 0 spiro atoms. The quantitative estimate of drug-likeness (QED) is 0.693. The Kier molecular flexibility index (Phi) is 6.32. The Bertz CT molecular complexity index is 358. The zero-order valence-electron chi connectivity index (χ0n) is 9.94. The van der Waals surface area contributed by atoms with Crippen LogP contribution in [0, 0.1) is 0 Å². The minimum atomic E-state index is -0.469. The number of hydrogen-bond acceptors (Lipinski definition) is 4. The van der Waals surface area contributed by atoms with Crippen molar-refractivity contribution < 1.29 is 9.53 Å². The van der Waals surface area contributed by atoms with Gasteiger partial charge >= 0.3 is 0 Å². The third-order valence-corrected chi connectivity index (χ3v) is 2.77. The molecule has 0 fully saturated rings. The summed E-state index contributed by atoms with van der Waals surface area (Å²) in [6.45, 7) is 0.843. The molecule has 0 unspecified atom stereocenters. The summed E-state index contributed by atoms with van der Waals surface area (Å²) in [7, 11) is 0. The van der Waals surface area contributed by atoms with Crippen LogP contribution >= 0.6 is 11.8 Å². The minimum Gasteiger partial charge on any atom is -0.484 e. The molecule has 4 nitrogen and oxygen atoms in total. The van der Waals surface area contributed by atoms with Gasteiger partial charge in [-0.05, 0) is 30.6 Å². The highest BCUT2D eigenvalue weighted by Crippen LogP contribution is 2.17. The van der Waals surface area contributed by atoms with E-state index in [0.717, 1.165) is 24.4 Å².